The lowest BCUT2D eigenvalue weighted by Gasteiger charge is -2.33. The molecule has 21 heavy (non-hydrogen) atoms. The van der Waals surface area contributed by atoms with Gasteiger partial charge in [-0.15, -0.1) is 0 Å². The molecule has 1 aliphatic heterocycles. The van der Waals surface area contributed by atoms with Crippen LogP contribution < -0.4 is 5.32 Å². The number of benzene rings is 1. The van der Waals surface area contributed by atoms with E-state index in [1.165, 1.54) is 12.1 Å². The Morgan fingerprint density at radius 1 is 1.29 bits per heavy atom. The summed E-state index contributed by atoms with van der Waals surface area (Å²) >= 11 is 0. The zero-order valence-electron chi connectivity index (χ0n) is 12.1. The Hall–Kier alpha value is -1.99. The fraction of sp³-hybridized carbons (Fsp3) is 0.500. The standard InChI is InChI=1S/C14H20N4O3/c1-2-16-6-8-17(9-7-16)11-14(19)15-12-4-3-5-13(10-12)18(20)21/h3-5,10H,2,6-9,11H2,1H3,(H,15,19). The minimum atomic E-state index is -0.473. The first-order valence-electron chi connectivity index (χ1n) is 7.07. The Morgan fingerprint density at radius 2 is 1.95 bits per heavy atom. The van der Waals surface area contributed by atoms with E-state index < -0.39 is 4.92 Å². The number of hydrogen-bond acceptors (Lipinski definition) is 5. The van der Waals surface area contributed by atoms with E-state index in [4.69, 9.17) is 0 Å². The molecule has 1 N–H and O–H groups in total. The van der Waals surface area contributed by atoms with Crippen molar-refractivity contribution in [2.24, 2.45) is 0 Å². The van der Waals surface area contributed by atoms with Crippen molar-refractivity contribution < 1.29 is 9.72 Å². The number of nitro benzene ring substituents is 1. The summed E-state index contributed by atoms with van der Waals surface area (Å²) in [5, 5.41) is 13.4. The van der Waals surface area contributed by atoms with Gasteiger partial charge in [0.25, 0.3) is 5.69 Å². The molecule has 1 aromatic rings. The van der Waals surface area contributed by atoms with E-state index in [9.17, 15) is 14.9 Å². The molecule has 0 spiro atoms. The van der Waals surface area contributed by atoms with Crippen molar-refractivity contribution in [3.8, 4) is 0 Å². The molecule has 0 aliphatic carbocycles. The van der Waals surface area contributed by atoms with Crippen LogP contribution in [0.5, 0.6) is 0 Å². The second-order valence-electron chi connectivity index (χ2n) is 5.07. The van der Waals surface area contributed by atoms with E-state index in [1.807, 2.05) is 0 Å². The third-order valence-corrected chi connectivity index (χ3v) is 3.62. The molecular weight excluding hydrogens is 272 g/mol. The summed E-state index contributed by atoms with van der Waals surface area (Å²) < 4.78 is 0. The van der Waals surface area contributed by atoms with E-state index in [2.05, 4.69) is 22.0 Å². The molecule has 114 valence electrons. The normalized spacial score (nSPS) is 16.6. The van der Waals surface area contributed by atoms with E-state index in [1.54, 1.807) is 12.1 Å². The first-order valence-corrected chi connectivity index (χ1v) is 7.07. The van der Waals surface area contributed by atoms with Gasteiger partial charge in [0.05, 0.1) is 11.5 Å². The first kappa shape index (κ1) is 15.4. The Kier molecular flexibility index (Phi) is 5.24. The lowest BCUT2D eigenvalue weighted by atomic mass is 10.2. The average Bonchev–Trinajstić information content (AvgIpc) is 2.48. The van der Waals surface area contributed by atoms with Gasteiger partial charge in [0, 0.05) is 44.0 Å². The second-order valence-corrected chi connectivity index (χ2v) is 5.07. The van der Waals surface area contributed by atoms with Crippen molar-refractivity contribution in [2.45, 2.75) is 6.92 Å². The van der Waals surface area contributed by atoms with Gasteiger partial charge in [-0.25, -0.2) is 0 Å². The lowest BCUT2D eigenvalue weighted by molar-refractivity contribution is -0.384. The lowest BCUT2D eigenvalue weighted by Crippen LogP contribution is -2.48. The number of rotatable bonds is 5. The number of nitro groups is 1. The van der Waals surface area contributed by atoms with Crippen LogP contribution in [0.15, 0.2) is 24.3 Å². The van der Waals surface area contributed by atoms with Crippen molar-refractivity contribution >= 4 is 17.3 Å². The highest BCUT2D eigenvalue weighted by molar-refractivity contribution is 5.92. The summed E-state index contributed by atoms with van der Waals surface area (Å²) in [4.78, 5) is 26.6. The molecule has 0 saturated carbocycles. The van der Waals surface area contributed by atoms with Crippen molar-refractivity contribution in [1.82, 2.24) is 9.80 Å². The highest BCUT2D eigenvalue weighted by Gasteiger charge is 2.18. The number of anilines is 1. The topological polar surface area (TPSA) is 78.7 Å². The maximum atomic E-state index is 12.0. The predicted molar refractivity (Wildman–Crippen MR) is 80.3 cm³/mol. The molecule has 7 nitrogen and oxygen atoms in total. The Bertz CT molecular complexity index is 513. The van der Waals surface area contributed by atoms with Crippen LogP contribution in [-0.2, 0) is 4.79 Å². The molecule has 2 rings (SSSR count). The zero-order chi connectivity index (χ0) is 15.2. The Labute approximate surface area is 123 Å². The molecule has 1 aliphatic rings. The molecule has 0 atom stereocenters. The molecule has 0 unspecified atom stereocenters. The maximum absolute atomic E-state index is 12.0. The van der Waals surface area contributed by atoms with E-state index >= 15 is 0 Å². The highest BCUT2D eigenvalue weighted by atomic mass is 16.6. The summed E-state index contributed by atoms with van der Waals surface area (Å²) in [6.07, 6.45) is 0. The number of non-ortho nitro benzene ring substituents is 1. The monoisotopic (exact) mass is 292 g/mol. The van der Waals surface area contributed by atoms with E-state index in [0.29, 0.717) is 12.2 Å². The summed E-state index contributed by atoms with van der Waals surface area (Å²) in [6, 6.07) is 5.99. The van der Waals surface area contributed by atoms with Crippen LogP contribution in [0.2, 0.25) is 0 Å². The first-order chi connectivity index (χ1) is 10.1. The summed E-state index contributed by atoms with van der Waals surface area (Å²) in [5.41, 5.74) is 0.436. The van der Waals surface area contributed by atoms with Crippen molar-refractivity contribution in [2.75, 3.05) is 44.6 Å². The molecule has 0 bridgehead atoms. The zero-order valence-corrected chi connectivity index (χ0v) is 12.1. The van der Waals surface area contributed by atoms with Gasteiger partial charge in [0.1, 0.15) is 0 Å². The van der Waals surface area contributed by atoms with Crippen molar-refractivity contribution in [3.05, 3.63) is 34.4 Å². The predicted octanol–water partition coefficient (Wildman–Crippen LogP) is 1.17. The van der Waals surface area contributed by atoms with Gasteiger partial charge in [-0.2, -0.15) is 0 Å². The van der Waals surface area contributed by atoms with Crippen molar-refractivity contribution in [1.29, 1.82) is 0 Å². The molecule has 0 aromatic heterocycles. The van der Waals surface area contributed by atoms with Crippen LogP contribution in [0, 0.1) is 10.1 Å². The third-order valence-electron chi connectivity index (χ3n) is 3.62. The van der Waals surface area contributed by atoms with Gasteiger partial charge in [-0.05, 0) is 12.6 Å². The largest absolute Gasteiger partial charge is 0.325 e. The highest BCUT2D eigenvalue weighted by Crippen LogP contribution is 2.17. The number of carbonyl (C=O) groups excluding carboxylic acids is 1. The van der Waals surface area contributed by atoms with Crippen LogP contribution in [0.1, 0.15) is 6.92 Å². The van der Waals surface area contributed by atoms with Gasteiger partial charge < -0.3 is 10.2 Å². The van der Waals surface area contributed by atoms with Crippen LogP contribution in [-0.4, -0.2) is 59.9 Å². The number of nitrogens with zero attached hydrogens (tertiary/aromatic N) is 3. The maximum Gasteiger partial charge on any atom is 0.271 e. The second kappa shape index (κ2) is 7.14. The fourth-order valence-electron chi connectivity index (χ4n) is 2.36. The SMILES string of the molecule is CCN1CCN(CC(=O)Nc2cccc([N+](=O)[O-])c2)CC1. The smallest absolute Gasteiger partial charge is 0.271 e. The molecule has 1 fully saturated rings. The van der Waals surface area contributed by atoms with Gasteiger partial charge in [0.15, 0.2) is 0 Å². The van der Waals surface area contributed by atoms with Crippen LogP contribution in [0.4, 0.5) is 11.4 Å². The minimum absolute atomic E-state index is 0.0237. The van der Waals surface area contributed by atoms with Crippen LogP contribution in [0.25, 0.3) is 0 Å². The fourth-order valence-corrected chi connectivity index (χ4v) is 2.36. The summed E-state index contributed by atoms with van der Waals surface area (Å²) in [6.45, 7) is 7.17. The number of nitrogens with one attached hydrogen (secondary N) is 1. The van der Waals surface area contributed by atoms with Gasteiger partial charge in [0.2, 0.25) is 5.91 Å². The Balaban J connectivity index is 1.85. The number of likely N-dealkylation sites (N-methyl/N-ethyl adjacent to an activating group) is 1. The number of amides is 1. The van der Waals surface area contributed by atoms with E-state index in [0.717, 1.165) is 32.7 Å². The third kappa shape index (κ3) is 4.51. The molecular formula is C14H20N4O3. The minimum Gasteiger partial charge on any atom is -0.325 e. The quantitative estimate of drug-likeness (QED) is 0.651. The number of hydrogen-bond donors (Lipinski definition) is 1. The number of carbonyl (C=O) groups is 1. The average molecular weight is 292 g/mol. The van der Waals surface area contributed by atoms with Gasteiger partial charge >= 0.3 is 0 Å². The van der Waals surface area contributed by atoms with Gasteiger partial charge in [-0.1, -0.05) is 13.0 Å². The van der Waals surface area contributed by atoms with Gasteiger partial charge in [-0.3, -0.25) is 19.8 Å². The Morgan fingerprint density at radius 3 is 2.57 bits per heavy atom. The van der Waals surface area contributed by atoms with E-state index in [-0.39, 0.29) is 11.6 Å². The van der Waals surface area contributed by atoms with Crippen LogP contribution >= 0.6 is 0 Å². The van der Waals surface area contributed by atoms with Crippen LogP contribution in [0.3, 0.4) is 0 Å². The molecule has 1 aromatic carbocycles. The number of piperazine rings is 1. The molecule has 1 saturated heterocycles. The molecule has 0 radical (unpaired) electrons. The molecule has 1 heterocycles. The summed E-state index contributed by atoms with van der Waals surface area (Å²) in [5.74, 6) is -0.138. The van der Waals surface area contributed by atoms with Crippen molar-refractivity contribution in [3.63, 3.8) is 0 Å². The summed E-state index contributed by atoms with van der Waals surface area (Å²) in [7, 11) is 0. The molecule has 1 amide bonds. The molecule has 7 heteroatoms.